The molecule has 0 aliphatic rings. The lowest BCUT2D eigenvalue weighted by atomic mass is 10.1. The van der Waals surface area contributed by atoms with Crippen molar-refractivity contribution in [3.63, 3.8) is 0 Å². The van der Waals surface area contributed by atoms with Gasteiger partial charge in [-0.3, -0.25) is 0 Å². The minimum absolute atomic E-state index is 0.494. The molecule has 0 fully saturated rings. The van der Waals surface area contributed by atoms with E-state index in [0.717, 1.165) is 16.5 Å². The number of nitrogens with zero attached hydrogens (tertiary/aromatic N) is 4. The fraction of sp³-hybridized carbons (Fsp3) is 0.190. The quantitative estimate of drug-likeness (QED) is 0.563. The Kier molecular flexibility index (Phi) is 4.80. The van der Waals surface area contributed by atoms with Crippen LogP contribution in [0.15, 0.2) is 71.3 Å². The van der Waals surface area contributed by atoms with Gasteiger partial charge in [0.05, 0.1) is 12.3 Å². The Balaban J connectivity index is 1.48. The Labute approximate surface area is 157 Å². The minimum atomic E-state index is -0.528. The molecule has 0 amide bonds. The molecule has 2 aromatic heterocycles. The van der Waals surface area contributed by atoms with Gasteiger partial charge in [-0.15, -0.1) is 5.10 Å². The van der Waals surface area contributed by atoms with E-state index in [4.69, 9.17) is 4.42 Å². The van der Waals surface area contributed by atoms with Gasteiger partial charge in [-0.25, -0.2) is 4.98 Å². The second kappa shape index (κ2) is 7.55. The molecule has 2 aromatic carbocycles. The molecule has 0 radical (unpaired) electrons. The number of hydrogen-bond donors (Lipinski definition) is 1. The normalized spacial score (nSPS) is 12.2. The van der Waals surface area contributed by atoms with Gasteiger partial charge in [-0.1, -0.05) is 48.5 Å². The SMILES string of the molecule is CN(CC[C@@H](O)c1ccccc1)c1nncc(-c2cc3ccccc3o2)n1. The van der Waals surface area contributed by atoms with E-state index in [1.807, 2.05) is 72.6 Å². The van der Waals surface area contributed by atoms with Crippen LogP contribution in [0.25, 0.3) is 22.4 Å². The number of anilines is 1. The molecule has 0 saturated carbocycles. The topological polar surface area (TPSA) is 75.3 Å². The summed E-state index contributed by atoms with van der Waals surface area (Å²) in [4.78, 5) is 6.45. The lowest BCUT2D eigenvalue weighted by Gasteiger charge is -2.19. The number of fused-ring (bicyclic) bond motifs is 1. The Hall–Kier alpha value is -3.25. The first-order valence-corrected chi connectivity index (χ1v) is 8.83. The number of rotatable bonds is 6. The van der Waals surface area contributed by atoms with Crippen molar-refractivity contribution in [3.8, 4) is 11.5 Å². The van der Waals surface area contributed by atoms with Crippen LogP contribution in [0.1, 0.15) is 18.1 Å². The highest BCUT2D eigenvalue weighted by Crippen LogP contribution is 2.26. The second-order valence-corrected chi connectivity index (χ2v) is 6.43. The standard InChI is InChI=1S/C21H20N4O2/c1-25(12-11-18(26)15-7-3-2-4-8-15)21-23-17(14-22-24-21)20-13-16-9-5-6-10-19(16)27-20/h2-10,13-14,18,26H,11-12H2,1H3/t18-/m1/s1. The fourth-order valence-corrected chi connectivity index (χ4v) is 2.94. The smallest absolute Gasteiger partial charge is 0.245 e. The third-order valence-electron chi connectivity index (χ3n) is 4.49. The molecule has 1 atom stereocenters. The molecule has 27 heavy (non-hydrogen) atoms. The van der Waals surface area contributed by atoms with E-state index in [1.165, 1.54) is 0 Å². The summed E-state index contributed by atoms with van der Waals surface area (Å²) in [5.74, 6) is 1.15. The Bertz CT molecular complexity index is 999. The molecule has 1 N–H and O–H groups in total. The molecule has 0 spiro atoms. The van der Waals surface area contributed by atoms with Gasteiger partial charge in [0.15, 0.2) is 5.76 Å². The molecule has 0 unspecified atom stereocenters. The largest absolute Gasteiger partial charge is 0.454 e. The summed E-state index contributed by atoms with van der Waals surface area (Å²) >= 11 is 0. The van der Waals surface area contributed by atoms with E-state index in [-0.39, 0.29) is 0 Å². The van der Waals surface area contributed by atoms with E-state index in [0.29, 0.717) is 30.4 Å². The molecule has 0 bridgehead atoms. The first-order chi connectivity index (χ1) is 13.2. The number of hydrogen-bond acceptors (Lipinski definition) is 6. The van der Waals surface area contributed by atoms with Crippen LogP contribution in [-0.2, 0) is 0 Å². The Morgan fingerprint density at radius 1 is 1.07 bits per heavy atom. The maximum atomic E-state index is 10.3. The van der Waals surface area contributed by atoms with Crippen molar-refractivity contribution in [1.82, 2.24) is 15.2 Å². The lowest BCUT2D eigenvalue weighted by Crippen LogP contribution is -2.23. The van der Waals surface area contributed by atoms with Crippen molar-refractivity contribution in [2.24, 2.45) is 0 Å². The highest BCUT2D eigenvalue weighted by Gasteiger charge is 2.13. The summed E-state index contributed by atoms with van der Waals surface area (Å²) in [5.41, 5.74) is 2.35. The van der Waals surface area contributed by atoms with Crippen molar-refractivity contribution in [2.75, 3.05) is 18.5 Å². The molecule has 0 aliphatic heterocycles. The zero-order chi connectivity index (χ0) is 18.6. The molecule has 0 saturated heterocycles. The molecular formula is C21H20N4O2. The van der Waals surface area contributed by atoms with Crippen LogP contribution >= 0.6 is 0 Å². The summed E-state index contributed by atoms with van der Waals surface area (Å²) in [7, 11) is 1.89. The second-order valence-electron chi connectivity index (χ2n) is 6.43. The molecular weight excluding hydrogens is 340 g/mol. The van der Waals surface area contributed by atoms with E-state index in [9.17, 15) is 5.11 Å². The average molecular weight is 360 g/mol. The van der Waals surface area contributed by atoms with Gasteiger partial charge in [0.2, 0.25) is 5.95 Å². The van der Waals surface area contributed by atoms with Crippen molar-refractivity contribution in [1.29, 1.82) is 0 Å². The predicted molar refractivity (Wildman–Crippen MR) is 104 cm³/mol. The highest BCUT2D eigenvalue weighted by molar-refractivity contribution is 5.82. The molecule has 136 valence electrons. The van der Waals surface area contributed by atoms with Crippen LogP contribution in [0.3, 0.4) is 0 Å². The first-order valence-electron chi connectivity index (χ1n) is 8.83. The number of benzene rings is 2. The lowest BCUT2D eigenvalue weighted by molar-refractivity contribution is 0.169. The van der Waals surface area contributed by atoms with E-state index in [1.54, 1.807) is 6.20 Å². The summed E-state index contributed by atoms with van der Waals surface area (Å²) in [6.07, 6.45) is 1.63. The van der Waals surface area contributed by atoms with Crippen molar-refractivity contribution in [2.45, 2.75) is 12.5 Å². The Morgan fingerprint density at radius 3 is 2.67 bits per heavy atom. The number of furan rings is 1. The zero-order valence-corrected chi connectivity index (χ0v) is 15.0. The van der Waals surface area contributed by atoms with Crippen molar-refractivity contribution < 1.29 is 9.52 Å². The molecule has 6 heteroatoms. The third kappa shape index (κ3) is 3.80. The monoisotopic (exact) mass is 360 g/mol. The number of aromatic nitrogens is 3. The van der Waals surface area contributed by atoms with Gasteiger partial charge in [0.1, 0.15) is 11.3 Å². The molecule has 0 aliphatic carbocycles. The maximum Gasteiger partial charge on any atom is 0.245 e. The summed E-state index contributed by atoms with van der Waals surface area (Å²) in [5, 5.41) is 19.5. The van der Waals surface area contributed by atoms with Crippen LogP contribution in [0, 0.1) is 0 Å². The number of aliphatic hydroxyl groups is 1. The van der Waals surface area contributed by atoms with Gasteiger partial charge < -0.3 is 14.4 Å². The number of aliphatic hydroxyl groups excluding tert-OH is 1. The molecule has 6 nitrogen and oxygen atoms in total. The minimum Gasteiger partial charge on any atom is -0.454 e. The summed E-state index contributed by atoms with van der Waals surface area (Å²) < 4.78 is 5.86. The van der Waals surface area contributed by atoms with Crippen LogP contribution in [0.5, 0.6) is 0 Å². The van der Waals surface area contributed by atoms with E-state index in [2.05, 4.69) is 15.2 Å². The van der Waals surface area contributed by atoms with E-state index < -0.39 is 6.10 Å². The van der Waals surface area contributed by atoms with Crippen molar-refractivity contribution in [3.05, 3.63) is 72.4 Å². The fourth-order valence-electron chi connectivity index (χ4n) is 2.94. The molecule has 2 heterocycles. The molecule has 4 rings (SSSR count). The van der Waals surface area contributed by atoms with Gasteiger partial charge in [0.25, 0.3) is 0 Å². The highest BCUT2D eigenvalue weighted by atomic mass is 16.3. The van der Waals surface area contributed by atoms with Gasteiger partial charge in [-0.05, 0) is 24.1 Å². The molecule has 4 aromatic rings. The van der Waals surface area contributed by atoms with Crippen LogP contribution in [0.2, 0.25) is 0 Å². The van der Waals surface area contributed by atoms with Crippen LogP contribution in [0.4, 0.5) is 5.95 Å². The van der Waals surface area contributed by atoms with Gasteiger partial charge >= 0.3 is 0 Å². The van der Waals surface area contributed by atoms with E-state index >= 15 is 0 Å². The average Bonchev–Trinajstić information content (AvgIpc) is 3.17. The number of para-hydroxylation sites is 1. The predicted octanol–water partition coefficient (Wildman–Crippen LogP) is 3.84. The maximum absolute atomic E-state index is 10.3. The van der Waals surface area contributed by atoms with Gasteiger partial charge in [0, 0.05) is 19.0 Å². The summed E-state index contributed by atoms with van der Waals surface area (Å²) in [6, 6.07) is 19.4. The van der Waals surface area contributed by atoms with Crippen molar-refractivity contribution >= 4 is 16.9 Å². The Morgan fingerprint density at radius 2 is 1.85 bits per heavy atom. The third-order valence-corrected chi connectivity index (χ3v) is 4.49. The first kappa shape index (κ1) is 17.2. The van der Waals surface area contributed by atoms with Crippen LogP contribution < -0.4 is 4.90 Å². The van der Waals surface area contributed by atoms with Gasteiger partial charge in [-0.2, -0.15) is 5.10 Å². The zero-order valence-electron chi connectivity index (χ0n) is 15.0. The van der Waals surface area contributed by atoms with Crippen LogP contribution in [-0.4, -0.2) is 33.9 Å². The summed E-state index contributed by atoms with van der Waals surface area (Å²) in [6.45, 7) is 0.599.